The summed E-state index contributed by atoms with van der Waals surface area (Å²) in [7, 11) is 0. The van der Waals surface area contributed by atoms with Gasteiger partial charge in [0, 0.05) is 6.61 Å². The highest BCUT2D eigenvalue weighted by Gasteiger charge is 2.09. The third kappa shape index (κ3) is 16.1. The van der Waals surface area contributed by atoms with Gasteiger partial charge in [0.05, 0.1) is 0 Å². The van der Waals surface area contributed by atoms with E-state index >= 15 is 0 Å². The van der Waals surface area contributed by atoms with Gasteiger partial charge in [-0.3, -0.25) is 4.79 Å². The van der Waals surface area contributed by atoms with Crippen molar-refractivity contribution in [3.8, 4) is 0 Å². The molecule has 0 aliphatic carbocycles. The van der Waals surface area contributed by atoms with Crippen molar-refractivity contribution in [3.05, 3.63) is 0 Å². The minimum Gasteiger partial charge on any atom is -0.480 e. The normalized spacial score (nSPS) is 11.9. The molecule has 0 fully saturated rings. The lowest BCUT2D eigenvalue weighted by molar-refractivity contribution is -0.138. The monoisotopic (exact) mass is 220 g/mol. The van der Waals surface area contributed by atoms with Crippen LogP contribution in [-0.4, -0.2) is 35.4 Å². The molecule has 0 radical (unpaired) electrons. The molecular weight excluding hydrogens is 196 g/mol. The van der Waals surface area contributed by atoms with E-state index in [4.69, 9.17) is 21.7 Å². The number of aliphatic hydroxyl groups is 1. The molecule has 0 unspecified atom stereocenters. The third-order valence-electron chi connectivity index (χ3n) is 1.65. The Labute approximate surface area is 91.5 Å². The van der Waals surface area contributed by atoms with E-state index in [0.29, 0.717) is 25.5 Å². The smallest absolute Gasteiger partial charge is 0.320 e. The van der Waals surface area contributed by atoms with Crippen molar-refractivity contribution in [1.82, 2.24) is 0 Å². The molecule has 0 heterocycles. The second-order valence-corrected chi connectivity index (χ2v) is 3.81. The molecule has 5 heteroatoms. The number of carbonyl (C=O) groups is 1. The lowest BCUT2D eigenvalue weighted by Crippen LogP contribution is -2.29. The van der Waals surface area contributed by atoms with Crippen LogP contribution in [0.2, 0.25) is 0 Å². The van der Waals surface area contributed by atoms with Crippen LogP contribution in [0.4, 0.5) is 0 Å². The SMILES string of the molecule is CC(C)CO.NCCCC[C@H](N)C(=O)O. The van der Waals surface area contributed by atoms with Crippen LogP contribution in [0.3, 0.4) is 0 Å². The molecule has 92 valence electrons. The zero-order valence-electron chi connectivity index (χ0n) is 9.65. The highest BCUT2D eigenvalue weighted by atomic mass is 16.4. The molecule has 0 amide bonds. The Morgan fingerprint density at radius 2 is 1.80 bits per heavy atom. The van der Waals surface area contributed by atoms with Crippen molar-refractivity contribution in [2.45, 2.75) is 39.2 Å². The Hall–Kier alpha value is -0.650. The summed E-state index contributed by atoms with van der Waals surface area (Å²) in [6.07, 6.45) is 2.16. The minimum atomic E-state index is -0.933. The fourth-order valence-corrected chi connectivity index (χ4v) is 0.632. The van der Waals surface area contributed by atoms with E-state index in [1.807, 2.05) is 13.8 Å². The first-order valence-electron chi connectivity index (χ1n) is 5.25. The number of rotatable bonds is 6. The number of aliphatic carboxylic acids is 1. The topological polar surface area (TPSA) is 110 Å². The molecule has 0 aliphatic rings. The van der Waals surface area contributed by atoms with E-state index in [9.17, 15) is 4.79 Å². The van der Waals surface area contributed by atoms with Gasteiger partial charge in [-0.15, -0.1) is 0 Å². The predicted octanol–water partition coefficient (Wildman–Crippen LogP) is 0.162. The second-order valence-electron chi connectivity index (χ2n) is 3.81. The van der Waals surface area contributed by atoms with Crippen molar-refractivity contribution < 1.29 is 15.0 Å². The zero-order valence-corrected chi connectivity index (χ0v) is 9.65. The molecule has 0 saturated carbocycles. The summed E-state index contributed by atoms with van der Waals surface area (Å²) in [5.41, 5.74) is 10.4. The number of carboxylic acid groups (broad SMARTS) is 1. The first-order valence-corrected chi connectivity index (χ1v) is 5.25. The largest absolute Gasteiger partial charge is 0.480 e. The van der Waals surface area contributed by atoms with Crippen LogP contribution in [0.1, 0.15) is 33.1 Å². The number of carboxylic acids is 1. The van der Waals surface area contributed by atoms with Crippen LogP contribution >= 0.6 is 0 Å². The number of hydrogen-bond acceptors (Lipinski definition) is 4. The van der Waals surface area contributed by atoms with E-state index in [1.54, 1.807) is 0 Å². The highest BCUT2D eigenvalue weighted by Crippen LogP contribution is 1.96. The minimum absolute atomic E-state index is 0.306. The Morgan fingerprint density at radius 1 is 1.33 bits per heavy atom. The van der Waals surface area contributed by atoms with E-state index in [-0.39, 0.29) is 0 Å². The van der Waals surface area contributed by atoms with Crippen LogP contribution in [0.5, 0.6) is 0 Å². The van der Waals surface area contributed by atoms with E-state index < -0.39 is 12.0 Å². The van der Waals surface area contributed by atoms with Gasteiger partial charge < -0.3 is 21.7 Å². The van der Waals surface area contributed by atoms with Crippen molar-refractivity contribution in [1.29, 1.82) is 0 Å². The zero-order chi connectivity index (χ0) is 12.3. The molecule has 0 saturated heterocycles. The first-order chi connectivity index (χ1) is 6.95. The molecule has 0 aromatic carbocycles. The maximum atomic E-state index is 10.1. The van der Waals surface area contributed by atoms with Crippen LogP contribution < -0.4 is 11.5 Å². The van der Waals surface area contributed by atoms with Crippen LogP contribution in [0.25, 0.3) is 0 Å². The second kappa shape index (κ2) is 11.4. The lowest BCUT2D eigenvalue weighted by Gasteiger charge is -2.03. The molecule has 0 rings (SSSR count). The van der Waals surface area contributed by atoms with Crippen molar-refractivity contribution in [3.63, 3.8) is 0 Å². The molecular formula is C10H24N2O3. The molecule has 15 heavy (non-hydrogen) atoms. The number of unbranched alkanes of at least 4 members (excludes halogenated alkanes) is 1. The van der Waals surface area contributed by atoms with Gasteiger partial charge in [0.15, 0.2) is 0 Å². The number of hydrogen-bond donors (Lipinski definition) is 4. The first kappa shape index (κ1) is 16.8. The standard InChI is InChI=1S/C6H14N2O2.C4H10O/c7-4-2-1-3-5(8)6(9)10;1-4(2)3-5/h5H,1-4,7-8H2,(H,9,10);4-5H,3H2,1-2H3/t5-;/m0./s1. The van der Waals surface area contributed by atoms with Gasteiger partial charge in [-0.25, -0.2) is 0 Å². The summed E-state index contributed by atoms with van der Waals surface area (Å²) in [5.74, 6) is -0.493. The van der Waals surface area contributed by atoms with Gasteiger partial charge in [0.25, 0.3) is 0 Å². The van der Waals surface area contributed by atoms with Gasteiger partial charge in [-0.2, -0.15) is 0 Å². The van der Waals surface area contributed by atoms with Gasteiger partial charge in [-0.1, -0.05) is 20.3 Å². The van der Waals surface area contributed by atoms with E-state index in [0.717, 1.165) is 12.8 Å². The van der Waals surface area contributed by atoms with Gasteiger partial charge in [0.1, 0.15) is 6.04 Å². The maximum Gasteiger partial charge on any atom is 0.320 e. The Morgan fingerprint density at radius 3 is 2.07 bits per heavy atom. The van der Waals surface area contributed by atoms with Crippen LogP contribution in [0.15, 0.2) is 0 Å². The Balaban J connectivity index is 0. The summed E-state index contributed by atoms with van der Waals surface area (Å²) in [5, 5.41) is 16.5. The molecule has 0 aliphatic heterocycles. The Kier molecular flexibility index (Phi) is 12.8. The van der Waals surface area contributed by atoms with Crippen molar-refractivity contribution in [2.75, 3.05) is 13.2 Å². The summed E-state index contributed by atoms with van der Waals surface area (Å²) < 4.78 is 0. The average Bonchev–Trinajstić information content (AvgIpc) is 2.18. The summed E-state index contributed by atoms with van der Waals surface area (Å²) in [6, 6.07) is -0.716. The quantitative estimate of drug-likeness (QED) is 0.477. The highest BCUT2D eigenvalue weighted by molar-refractivity contribution is 5.72. The molecule has 1 atom stereocenters. The summed E-state index contributed by atoms with van der Waals surface area (Å²) in [4.78, 5) is 10.1. The molecule has 0 spiro atoms. The lowest BCUT2D eigenvalue weighted by atomic mass is 10.1. The maximum absolute atomic E-state index is 10.1. The molecule has 6 N–H and O–H groups in total. The van der Waals surface area contributed by atoms with Crippen molar-refractivity contribution in [2.24, 2.45) is 17.4 Å². The van der Waals surface area contributed by atoms with E-state index in [2.05, 4.69) is 0 Å². The average molecular weight is 220 g/mol. The Bertz CT molecular complexity index is 152. The predicted molar refractivity (Wildman–Crippen MR) is 60.4 cm³/mol. The molecule has 0 bridgehead atoms. The van der Waals surface area contributed by atoms with Gasteiger partial charge in [0.2, 0.25) is 0 Å². The number of nitrogens with two attached hydrogens (primary N) is 2. The molecule has 0 aromatic rings. The van der Waals surface area contributed by atoms with Crippen molar-refractivity contribution >= 4 is 5.97 Å². The fraction of sp³-hybridized carbons (Fsp3) is 0.900. The van der Waals surface area contributed by atoms with Gasteiger partial charge >= 0.3 is 5.97 Å². The van der Waals surface area contributed by atoms with E-state index in [1.165, 1.54) is 0 Å². The fourth-order valence-electron chi connectivity index (χ4n) is 0.632. The van der Waals surface area contributed by atoms with Crippen LogP contribution in [0, 0.1) is 5.92 Å². The summed E-state index contributed by atoms with van der Waals surface area (Å²) >= 11 is 0. The number of aliphatic hydroxyl groups excluding tert-OH is 1. The molecule has 0 aromatic heterocycles. The summed E-state index contributed by atoms with van der Waals surface area (Å²) in [6.45, 7) is 4.85. The third-order valence-corrected chi connectivity index (χ3v) is 1.65. The van der Waals surface area contributed by atoms with Gasteiger partial charge in [-0.05, 0) is 25.3 Å². The molecule has 5 nitrogen and oxygen atoms in total. The van der Waals surface area contributed by atoms with Crippen LogP contribution in [-0.2, 0) is 4.79 Å².